The van der Waals surface area contributed by atoms with Gasteiger partial charge >= 0.3 is 0 Å². The van der Waals surface area contributed by atoms with Crippen LogP contribution in [-0.2, 0) is 4.79 Å². The summed E-state index contributed by atoms with van der Waals surface area (Å²) in [5.41, 5.74) is 1.12. The molecule has 0 saturated heterocycles. The lowest BCUT2D eigenvalue weighted by atomic mass is 9.53. The van der Waals surface area contributed by atoms with Gasteiger partial charge in [-0.2, -0.15) is 0 Å². The van der Waals surface area contributed by atoms with Crippen LogP contribution in [0.1, 0.15) is 40.0 Å². The molecular weight excluding hydrogens is 360 g/mol. The summed E-state index contributed by atoms with van der Waals surface area (Å²) in [6.45, 7) is 6.75. The molecule has 0 bridgehead atoms. The second-order valence-electron chi connectivity index (χ2n) is 6.57. The summed E-state index contributed by atoms with van der Waals surface area (Å²) in [5.74, 6) is 1.19. The Labute approximate surface area is 146 Å². The van der Waals surface area contributed by atoms with Crippen molar-refractivity contribution in [3.63, 3.8) is 0 Å². The number of benzene rings is 1. The monoisotopic (exact) mass is 382 g/mol. The molecule has 2 N–H and O–H groups in total. The summed E-state index contributed by atoms with van der Waals surface area (Å²) in [6, 6.07) is 7.66. The van der Waals surface area contributed by atoms with Crippen molar-refractivity contribution in [2.75, 3.05) is 5.32 Å². The van der Waals surface area contributed by atoms with Gasteiger partial charge in [-0.1, -0.05) is 43.1 Å². The highest BCUT2D eigenvalue weighted by Crippen LogP contribution is 2.54. The highest BCUT2D eigenvalue weighted by Gasteiger charge is 2.47. The van der Waals surface area contributed by atoms with Crippen LogP contribution in [0, 0.1) is 17.3 Å². The van der Waals surface area contributed by atoms with E-state index in [4.69, 9.17) is 12.2 Å². The van der Waals surface area contributed by atoms with Gasteiger partial charge < -0.3 is 10.6 Å². The first-order chi connectivity index (χ1) is 10.3. The first-order valence-corrected chi connectivity index (χ1v) is 8.89. The number of hydrogen-bond donors (Lipinski definition) is 2. The third-order valence-corrected chi connectivity index (χ3v) is 5.69. The Hall–Kier alpha value is -0.940. The molecule has 1 fully saturated rings. The maximum absolute atomic E-state index is 12.1. The number of carbonyl (C=O) groups excluding carboxylic acids is 1. The van der Waals surface area contributed by atoms with Gasteiger partial charge in [0.15, 0.2) is 5.11 Å². The van der Waals surface area contributed by atoms with Crippen molar-refractivity contribution in [2.45, 2.75) is 40.0 Å². The van der Waals surface area contributed by atoms with Gasteiger partial charge in [0.05, 0.1) is 0 Å². The van der Waals surface area contributed by atoms with Crippen LogP contribution in [0.25, 0.3) is 0 Å². The molecule has 1 aromatic carbocycles. The summed E-state index contributed by atoms with van der Waals surface area (Å²) >= 11 is 8.59. The van der Waals surface area contributed by atoms with Crippen molar-refractivity contribution in [1.82, 2.24) is 5.32 Å². The van der Waals surface area contributed by atoms with E-state index >= 15 is 0 Å². The molecule has 2 atom stereocenters. The normalized spacial score (nSPS) is 22.5. The van der Waals surface area contributed by atoms with Gasteiger partial charge in [-0.15, -0.1) is 0 Å². The molecule has 22 heavy (non-hydrogen) atoms. The highest BCUT2D eigenvalue weighted by molar-refractivity contribution is 9.10. The van der Waals surface area contributed by atoms with Crippen molar-refractivity contribution in [2.24, 2.45) is 17.3 Å². The fourth-order valence-corrected chi connectivity index (χ4v) is 3.76. The Bertz CT molecular complexity index is 556. The smallest absolute Gasteiger partial charge is 0.226 e. The van der Waals surface area contributed by atoms with E-state index in [0.29, 0.717) is 17.5 Å². The molecule has 0 spiro atoms. The third-order valence-electron chi connectivity index (χ3n) is 4.95. The van der Waals surface area contributed by atoms with E-state index in [-0.39, 0.29) is 11.3 Å². The van der Waals surface area contributed by atoms with Crippen LogP contribution in [0.5, 0.6) is 0 Å². The van der Waals surface area contributed by atoms with Gasteiger partial charge in [0, 0.05) is 16.6 Å². The number of nitrogens with one attached hydrogen (secondary N) is 2. The molecule has 1 amide bonds. The van der Waals surface area contributed by atoms with E-state index in [1.165, 1.54) is 6.42 Å². The SMILES string of the molecule is CCC1CC(CC(=O)NC(=S)Nc2ccc(Br)cc2)C1(C)C. The zero-order valence-electron chi connectivity index (χ0n) is 13.3. The lowest BCUT2D eigenvalue weighted by Crippen LogP contribution is -2.47. The van der Waals surface area contributed by atoms with Gasteiger partial charge in [-0.05, 0) is 60.2 Å². The molecule has 120 valence electrons. The second kappa shape index (κ2) is 7.09. The Morgan fingerprint density at radius 3 is 2.50 bits per heavy atom. The van der Waals surface area contributed by atoms with Crippen LogP contribution in [0.3, 0.4) is 0 Å². The minimum atomic E-state index is 0.00207. The predicted octanol–water partition coefficient (Wildman–Crippen LogP) is 4.72. The zero-order chi connectivity index (χ0) is 16.3. The zero-order valence-corrected chi connectivity index (χ0v) is 15.7. The maximum atomic E-state index is 12.1. The van der Waals surface area contributed by atoms with E-state index in [9.17, 15) is 4.79 Å². The minimum Gasteiger partial charge on any atom is -0.332 e. The summed E-state index contributed by atoms with van der Waals surface area (Å²) in [4.78, 5) is 12.1. The molecule has 0 aliphatic heterocycles. The number of amides is 1. The topological polar surface area (TPSA) is 41.1 Å². The summed E-state index contributed by atoms with van der Waals surface area (Å²) in [5, 5.41) is 6.17. The summed E-state index contributed by atoms with van der Waals surface area (Å²) in [7, 11) is 0. The van der Waals surface area contributed by atoms with Crippen molar-refractivity contribution in [3.05, 3.63) is 28.7 Å². The van der Waals surface area contributed by atoms with E-state index in [2.05, 4.69) is 47.3 Å². The Morgan fingerprint density at radius 1 is 1.32 bits per heavy atom. The van der Waals surface area contributed by atoms with Crippen LogP contribution in [-0.4, -0.2) is 11.0 Å². The minimum absolute atomic E-state index is 0.00207. The Morgan fingerprint density at radius 2 is 1.95 bits per heavy atom. The molecule has 1 aromatic rings. The van der Waals surface area contributed by atoms with Crippen molar-refractivity contribution in [3.8, 4) is 0 Å². The molecule has 2 unspecified atom stereocenters. The Kier molecular flexibility index (Phi) is 5.61. The molecule has 1 aliphatic rings. The number of anilines is 1. The first-order valence-electron chi connectivity index (χ1n) is 7.69. The van der Waals surface area contributed by atoms with Gasteiger partial charge in [0.1, 0.15) is 0 Å². The quantitative estimate of drug-likeness (QED) is 0.739. The molecule has 0 aromatic heterocycles. The molecule has 2 rings (SSSR count). The number of thiocarbonyl (C=S) groups is 1. The lowest BCUT2D eigenvalue weighted by Gasteiger charge is -2.52. The van der Waals surface area contributed by atoms with Gasteiger partial charge in [-0.25, -0.2) is 0 Å². The largest absolute Gasteiger partial charge is 0.332 e. The van der Waals surface area contributed by atoms with Crippen LogP contribution in [0.2, 0.25) is 0 Å². The summed E-state index contributed by atoms with van der Waals surface area (Å²) in [6.07, 6.45) is 2.88. The molecule has 0 heterocycles. The van der Waals surface area contributed by atoms with E-state index < -0.39 is 0 Å². The standard InChI is InChI=1S/C17H23BrN2OS/c1-4-11-9-12(17(11,2)3)10-15(21)20-16(22)19-14-7-5-13(18)6-8-14/h5-8,11-12H,4,9-10H2,1-3H3,(H2,19,20,21,22). The van der Waals surface area contributed by atoms with Crippen LogP contribution in [0.15, 0.2) is 28.7 Å². The number of hydrogen-bond acceptors (Lipinski definition) is 2. The van der Waals surface area contributed by atoms with E-state index in [1.54, 1.807) is 0 Å². The average molecular weight is 383 g/mol. The number of rotatable bonds is 4. The van der Waals surface area contributed by atoms with Crippen molar-refractivity contribution >= 4 is 44.9 Å². The first kappa shape index (κ1) is 17.4. The third kappa shape index (κ3) is 4.07. The maximum Gasteiger partial charge on any atom is 0.226 e. The molecule has 0 radical (unpaired) electrons. The van der Waals surface area contributed by atoms with Crippen molar-refractivity contribution < 1.29 is 4.79 Å². The molecule has 1 saturated carbocycles. The van der Waals surface area contributed by atoms with Gasteiger partial charge in [0.25, 0.3) is 0 Å². The van der Waals surface area contributed by atoms with Gasteiger partial charge in [0.2, 0.25) is 5.91 Å². The Balaban J connectivity index is 1.80. The fourth-order valence-electron chi connectivity index (χ4n) is 3.26. The second-order valence-corrected chi connectivity index (χ2v) is 7.90. The summed E-state index contributed by atoms with van der Waals surface area (Å²) < 4.78 is 1.01. The van der Waals surface area contributed by atoms with Crippen LogP contribution < -0.4 is 10.6 Å². The predicted molar refractivity (Wildman–Crippen MR) is 98.8 cm³/mol. The van der Waals surface area contributed by atoms with Crippen LogP contribution >= 0.6 is 28.1 Å². The van der Waals surface area contributed by atoms with E-state index in [0.717, 1.165) is 22.5 Å². The van der Waals surface area contributed by atoms with E-state index in [1.807, 2.05) is 24.3 Å². The molecular formula is C17H23BrN2OS. The fraction of sp³-hybridized carbons (Fsp3) is 0.529. The van der Waals surface area contributed by atoms with Crippen LogP contribution in [0.4, 0.5) is 5.69 Å². The number of halogens is 1. The highest BCUT2D eigenvalue weighted by atomic mass is 79.9. The molecule has 3 nitrogen and oxygen atoms in total. The number of carbonyl (C=O) groups is 1. The average Bonchev–Trinajstić information content (AvgIpc) is 2.45. The van der Waals surface area contributed by atoms with Crippen molar-refractivity contribution in [1.29, 1.82) is 0 Å². The lowest BCUT2D eigenvalue weighted by molar-refractivity contribution is -0.125. The molecule has 5 heteroatoms. The molecule has 1 aliphatic carbocycles. The van der Waals surface area contributed by atoms with Gasteiger partial charge in [-0.3, -0.25) is 4.79 Å².